The van der Waals surface area contributed by atoms with E-state index in [9.17, 15) is 13.2 Å². The van der Waals surface area contributed by atoms with Crippen LogP contribution < -0.4 is 0 Å². The Kier molecular flexibility index (Phi) is 5.76. The fourth-order valence-corrected chi connectivity index (χ4v) is 4.88. The zero-order valence-electron chi connectivity index (χ0n) is 16.2. The van der Waals surface area contributed by atoms with Gasteiger partial charge in [-0.1, -0.05) is 24.3 Å². The minimum absolute atomic E-state index is 0.255. The van der Waals surface area contributed by atoms with Crippen molar-refractivity contribution in [2.75, 3.05) is 19.7 Å². The van der Waals surface area contributed by atoms with E-state index in [2.05, 4.69) is 10.2 Å². The number of benzene rings is 2. The number of aliphatic hydroxyl groups excluding tert-OH is 1. The van der Waals surface area contributed by atoms with Crippen LogP contribution in [0.4, 0.5) is 0 Å². The molecule has 1 fully saturated rings. The number of hydrogen-bond acceptors (Lipinski definition) is 7. The average Bonchev–Trinajstić information content (AvgIpc) is 3.47. The van der Waals surface area contributed by atoms with Crippen LogP contribution in [-0.2, 0) is 16.4 Å². The maximum absolute atomic E-state index is 12.6. The number of nitrogens with zero attached hydrogens (tertiary/aromatic N) is 3. The number of carbonyl (C=O) groups is 1. The average molecular weight is 427 g/mol. The number of aromatic nitrogens is 2. The Balaban J connectivity index is 1.46. The third-order valence-electron chi connectivity index (χ3n) is 5.05. The maximum atomic E-state index is 12.6. The summed E-state index contributed by atoms with van der Waals surface area (Å²) in [6, 6.07) is 13.3. The lowest BCUT2D eigenvalue weighted by Gasteiger charge is -2.15. The fraction of sp³-hybridized carbons (Fsp3) is 0.286. The van der Waals surface area contributed by atoms with Gasteiger partial charge in [-0.3, -0.25) is 4.79 Å². The molecule has 1 saturated heterocycles. The molecule has 0 aliphatic carbocycles. The van der Waals surface area contributed by atoms with Gasteiger partial charge in [-0.25, -0.2) is 8.42 Å². The number of rotatable bonds is 7. The van der Waals surface area contributed by atoms with E-state index in [4.69, 9.17) is 9.52 Å². The highest BCUT2D eigenvalue weighted by Crippen LogP contribution is 2.25. The summed E-state index contributed by atoms with van der Waals surface area (Å²) in [4.78, 5) is 11.7. The molecule has 2 heterocycles. The molecule has 0 radical (unpaired) electrons. The van der Waals surface area contributed by atoms with Crippen LogP contribution in [0, 0.1) is 0 Å². The SMILES string of the molecule is O=C(CO)c1ccc(Cc2nnc(-c3ccc(S(=O)(=O)N4CCCC4)cc3)o2)cc1. The van der Waals surface area contributed by atoms with Crippen LogP contribution in [0.5, 0.6) is 0 Å². The van der Waals surface area contributed by atoms with Gasteiger partial charge in [-0.15, -0.1) is 10.2 Å². The Morgan fingerprint density at radius 3 is 2.30 bits per heavy atom. The molecule has 0 atom stereocenters. The van der Waals surface area contributed by atoms with Crippen LogP contribution in [0.3, 0.4) is 0 Å². The van der Waals surface area contributed by atoms with E-state index in [0.717, 1.165) is 18.4 Å². The molecule has 1 N–H and O–H groups in total. The highest BCUT2D eigenvalue weighted by molar-refractivity contribution is 7.89. The number of ketones is 1. The zero-order chi connectivity index (χ0) is 21.1. The first kappa shape index (κ1) is 20.4. The van der Waals surface area contributed by atoms with Gasteiger partial charge in [0.05, 0.1) is 11.3 Å². The van der Waals surface area contributed by atoms with Gasteiger partial charge in [0.2, 0.25) is 21.8 Å². The van der Waals surface area contributed by atoms with Gasteiger partial charge < -0.3 is 9.52 Å². The summed E-state index contributed by atoms with van der Waals surface area (Å²) in [5.41, 5.74) is 1.96. The molecule has 0 unspecified atom stereocenters. The second-order valence-corrected chi connectivity index (χ2v) is 9.03. The molecule has 3 aromatic rings. The Hall–Kier alpha value is -2.88. The molecule has 0 saturated carbocycles. The Morgan fingerprint density at radius 2 is 1.67 bits per heavy atom. The van der Waals surface area contributed by atoms with Gasteiger partial charge in [-0.05, 0) is 42.7 Å². The van der Waals surface area contributed by atoms with E-state index in [-0.39, 0.29) is 10.7 Å². The van der Waals surface area contributed by atoms with Crippen molar-refractivity contribution < 1.29 is 22.7 Å². The first-order valence-corrected chi connectivity index (χ1v) is 11.1. The molecule has 8 nitrogen and oxygen atoms in total. The maximum Gasteiger partial charge on any atom is 0.247 e. The third kappa shape index (κ3) is 4.18. The van der Waals surface area contributed by atoms with Crippen LogP contribution in [0.1, 0.15) is 34.7 Å². The molecule has 1 aliphatic rings. The first-order chi connectivity index (χ1) is 14.5. The second kappa shape index (κ2) is 8.47. The van der Waals surface area contributed by atoms with Crippen molar-refractivity contribution in [2.45, 2.75) is 24.2 Å². The van der Waals surface area contributed by atoms with Crippen molar-refractivity contribution in [3.8, 4) is 11.5 Å². The molecule has 1 aromatic heterocycles. The summed E-state index contributed by atoms with van der Waals surface area (Å²) in [6.07, 6.45) is 2.17. The van der Waals surface area contributed by atoms with Crippen LogP contribution in [0.2, 0.25) is 0 Å². The lowest BCUT2D eigenvalue weighted by molar-refractivity contribution is 0.0903. The van der Waals surface area contributed by atoms with Crippen LogP contribution in [-0.4, -0.2) is 53.5 Å². The summed E-state index contributed by atoms with van der Waals surface area (Å²) in [5, 5.41) is 17.0. The Bertz CT molecular complexity index is 1130. The summed E-state index contributed by atoms with van der Waals surface area (Å²) in [6.45, 7) is 0.600. The minimum atomic E-state index is -3.46. The van der Waals surface area contributed by atoms with E-state index in [1.54, 1.807) is 48.5 Å². The van der Waals surface area contributed by atoms with Crippen molar-refractivity contribution in [3.63, 3.8) is 0 Å². The van der Waals surface area contributed by atoms with Gasteiger partial charge in [0.25, 0.3) is 0 Å². The molecule has 1 aliphatic heterocycles. The van der Waals surface area contributed by atoms with E-state index in [1.807, 2.05) is 0 Å². The molecule has 0 amide bonds. The molecule has 9 heteroatoms. The smallest absolute Gasteiger partial charge is 0.247 e. The van der Waals surface area contributed by atoms with E-state index in [0.29, 0.717) is 42.4 Å². The zero-order valence-corrected chi connectivity index (χ0v) is 17.0. The lowest BCUT2D eigenvalue weighted by atomic mass is 10.1. The van der Waals surface area contributed by atoms with Gasteiger partial charge >= 0.3 is 0 Å². The van der Waals surface area contributed by atoms with E-state index in [1.165, 1.54) is 4.31 Å². The number of hydrogen-bond donors (Lipinski definition) is 1. The van der Waals surface area contributed by atoms with Crippen LogP contribution in [0.15, 0.2) is 57.8 Å². The Morgan fingerprint density at radius 1 is 1.00 bits per heavy atom. The van der Waals surface area contributed by atoms with Crippen LogP contribution >= 0.6 is 0 Å². The molecule has 30 heavy (non-hydrogen) atoms. The third-order valence-corrected chi connectivity index (χ3v) is 6.96. The van der Waals surface area contributed by atoms with Crippen molar-refractivity contribution in [1.29, 1.82) is 0 Å². The van der Waals surface area contributed by atoms with Crippen LogP contribution in [0.25, 0.3) is 11.5 Å². The minimum Gasteiger partial charge on any atom is -0.420 e. The summed E-state index contributed by atoms with van der Waals surface area (Å²) < 4.78 is 32.4. The molecule has 0 spiro atoms. The topological polar surface area (TPSA) is 114 Å². The number of carbonyl (C=O) groups excluding carboxylic acids is 1. The highest BCUT2D eigenvalue weighted by atomic mass is 32.2. The molecule has 156 valence electrons. The standard InChI is InChI=1S/C21H21N3O5S/c25-14-19(26)16-5-3-15(4-6-16)13-20-22-23-21(29-20)17-7-9-18(10-8-17)30(27,28)24-11-1-2-12-24/h3-10,25H,1-2,11-14H2. The number of aliphatic hydroxyl groups is 1. The highest BCUT2D eigenvalue weighted by Gasteiger charge is 2.27. The molecule has 2 aromatic carbocycles. The van der Waals surface area contributed by atoms with Gasteiger partial charge in [0.1, 0.15) is 6.61 Å². The lowest BCUT2D eigenvalue weighted by Crippen LogP contribution is -2.27. The van der Waals surface area contributed by atoms with Crippen molar-refractivity contribution in [3.05, 3.63) is 65.5 Å². The monoisotopic (exact) mass is 427 g/mol. The molecular formula is C21H21N3O5S. The quantitative estimate of drug-likeness (QED) is 0.576. The summed E-state index contributed by atoms with van der Waals surface area (Å²) in [7, 11) is -3.46. The predicted octanol–water partition coefficient (Wildman–Crippen LogP) is 2.29. The molecular weight excluding hydrogens is 406 g/mol. The first-order valence-electron chi connectivity index (χ1n) is 9.63. The fourth-order valence-electron chi connectivity index (χ4n) is 3.36. The summed E-state index contributed by atoms with van der Waals surface area (Å²) in [5.74, 6) is 0.374. The van der Waals surface area contributed by atoms with Crippen molar-refractivity contribution in [2.24, 2.45) is 0 Å². The predicted molar refractivity (Wildman–Crippen MR) is 108 cm³/mol. The van der Waals surface area contributed by atoms with Crippen molar-refractivity contribution >= 4 is 15.8 Å². The van der Waals surface area contributed by atoms with Gasteiger partial charge in [0.15, 0.2) is 5.78 Å². The van der Waals surface area contributed by atoms with E-state index < -0.39 is 16.6 Å². The normalized spacial score (nSPS) is 14.8. The van der Waals surface area contributed by atoms with E-state index >= 15 is 0 Å². The second-order valence-electron chi connectivity index (χ2n) is 7.09. The number of Topliss-reactive ketones (excluding diaryl/α,β-unsaturated/α-hetero) is 1. The summed E-state index contributed by atoms with van der Waals surface area (Å²) >= 11 is 0. The van der Waals surface area contributed by atoms with Gasteiger partial charge in [-0.2, -0.15) is 4.31 Å². The number of sulfonamides is 1. The largest absolute Gasteiger partial charge is 0.420 e. The van der Waals surface area contributed by atoms with Crippen molar-refractivity contribution in [1.82, 2.24) is 14.5 Å². The molecule has 4 rings (SSSR count). The van der Waals surface area contributed by atoms with Gasteiger partial charge in [0, 0.05) is 24.2 Å². The molecule has 0 bridgehead atoms. The Labute approximate surface area is 174 Å².